The molecule has 2 nitrogen and oxygen atoms in total. The molecule has 1 heterocycles. The van der Waals surface area contributed by atoms with Gasteiger partial charge in [-0.3, -0.25) is 4.98 Å². The summed E-state index contributed by atoms with van der Waals surface area (Å²) >= 11 is 6.14. The quantitative estimate of drug-likeness (QED) is 0.887. The Balaban J connectivity index is 2.04. The summed E-state index contributed by atoms with van der Waals surface area (Å²) in [5.74, 6) is 0. The fourth-order valence-corrected chi connectivity index (χ4v) is 1.85. The number of halogens is 1. The summed E-state index contributed by atoms with van der Waals surface area (Å²) in [4.78, 5) is 4.33. The largest absolute Gasteiger partial charge is 0.378 e. The molecule has 0 radical (unpaired) electrons. The van der Waals surface area contributed by atoms with Crippen LogP contribution >= 0.6 is 11.6 Å². The van der Waals surface area contributed by atoms with Crippen molar-refractivity contribution in [3.8, 4) is 0 Å². The van der Waals surface area contributed by atoms with E-state index >= 15 is 0 Å². The Hall–Kier alpha value is -1.54. The van der Waals surface area contributed by atoms with Gasteiger partial charge in [0, 0.05) is 6.20 Å². The van der Waals surface area contributed by atoms with Crippen LogP contribution in [0.2, 0.25) is 5.02 Å². The van der Waals surface area contributed by atoms with Crippen LogP contribution in [0.15, 0.2) is 36.5 Å². The van der Waals surface area contributed by atoms with Crippen LogP contribution in [0.25, 0.3) is 0 Å². The van der Waals surface area contributed by atoms with Crippen molar-refractivity contribution >= 4 is 17.3 Å². The SMILES string of the molecule is Cc1ccc(CNc2ccc(C)cc2Cl)nc1. The smallest absolute Gasteiger partial charge is 0.0640 e. The minimum absolute atomic E-state index is 0.684. The first kappa shape index (κ1) is 11.9. The van der Waals surface area contributed by atoms with E-state index in [-0.39, 0.29) is 0 Å². The number of nitrogens with one attached hydrogen (secondary N) is 1. The molecule has 0 aliphatic heterocycles. The lowest BCUT2D eigenvalue weighted by Gasteiger charge is -2.08. The van der Waals surface area contributed by atoms with Gasteiger partial charge >= 0.3 is 0 Å². The molecular weight excluding hydrogens is 232 g/mol. The summed E-state index contributed by atoms with van der Waals surface area (Å²) in [7, 11) is 0. The van der Waals surface area contributed by atoms with E-state index < -0.39 is 0 Å². The van der Waals surface area contributed by atoms with Crippen molar-refractivity contribution in [3.05, 3.63) is 58.4 Å². The predicted molar refractivity (Wildman–Crippen MR) is 72.5 cm³/mol. The zero-order valence-corrected chi connectivity index (χ0v) is 10.8. The Morgan fingerprint density at radius 3 is 2.53 bits per heavy atom. The second-order valence-corrected chi connectivity index (χ2v) is 4.57. The van der Waals surface area contributed by atoms with Crippen molar-refractivity contribution < 1.29 is 0 Å². The number of benzene rings is 1. The van der Waals surface area contributed by atoms with Crippen molar-refractivity contribution in [2.24, 2.45) is 0 Å². The molecular formula is C14H15ClN2. The highest BCUT2D eigenvalue weighted by Crippen LogP contribution is 2.23. The van der Waals surface area contributed by atoms with Crippen LogP contribution < -0.4 is 5.32 Å². The van der Waals surface area contributed by atoms with Gasteiger partial charge in [-0.25, -0.2) is 0 Å². The minimum atomic E-state index is 0.684. The summed E-state index contributed by atoms with van der Waals surface area (Å²) in [6.45, 7) is 4.74. The number of rotatable bonds is 3. The molecule has 88 valence electrons. The van der Waals surface area contributed by atoms with E-state index in [1.807, 2.05) is 44.3 Å². The summed E-state index contributed by atoms with van der Waals surface area (Å²) < 4.78 is 0. The lowest BCUT2D eigenvalue weighted by molar-refractivity contribution is 1.04. The van der Waals surface area contributed by atoms with Gasteiger partial charge in [0.25, 0.3) is 0 Å². The lowest BCUT2D eigenvalue weighted by Crippen LogP contribution is -2.02. The van der Waals surface area contributed by atoms with Gasteiger partial charge in [-0.2, -0.15) is 0 Å². The topological polar surface area (TPSA) is 24.9 Å². The Morgan fingerprint density at radius 2 is 1.88 bits per heavy atom. The standard InChI is InChI=1S/C14H15ClN2/c1-10-4-6-14(13(15)7-10)17-9-12-5-3-11(2)8-16-12/h3-8,17H,9H2,1-2H3. The first-order valence-electron chi connectivity index (χ1n) is 5.57. The number of anilines is 1. The maximum Gasteiger partial charge on any atom is 0.0640 e. The molecule has 0 spiro atoms. The Bertz CT molecular complexity index is 506. The molecule has 3 heteroatoms. The molecule has 1 N–H and O–H groups in total. The van der Waals surface area contributed by atoms with Crippen LogP contribution in [0.1, 0.15) is 16.8 Å². The van der Waals surface area contributed by atoms with E-state index in [1.54, 1.807) is 0 Å². The van der Waals surface area contributed by atoms with Crippen molar-refractivity contribution in [3.63, 3.8) is 0 Å². The number of aryl methyl sites for hydroxylation is 2. The van der Waals surface area contributed by atoms with Crippen LogP contribution in [0.5, 0.6) is 0 Å². The fraction of sp³-hybridized carbons (Fsp3) is 0.214. The number of hydrogen-bond acceptors (Lipinski definition) is 2. The summed E-state index contributed by atoms with van der Waals surface area (Å²) in [5.41, 5.74) is 4.28. The summed E-state index contributed by atoms with van der Waals surface area (Å²) in [5, 5.41) is 4.03. The van der Waals surface area contributed by atoms with Crippen molar-refractivity contribution in [2.75, 3.05) is 5.32 Å². The summed E-state index contributed by atoms with van der Waals surface area (Å²) in [6, 6.07) is 10.1. The Kier molecular flexibility index (Phi) is 3.64. The van der Waals surface area contributed by atoms with Gasteiger partial charge in [-0.15, -0.1) is 0 Å². The number of nitrogens with zero attached hydrogens (tertiary/aromatic N) is 1. The molecule has 0 aliphatic rings. The molecule has 0 saturated heterocycles. The molecule has 2 rings (SSSR count). The highest BCUT2D eigenvalue weighted by Gasteiger charge is 2.00. The molecule has 0 atom stereocenters. The van der Waals surface area contributed by atoms with Crippen LogP contribution in [-0.4, -0.2) is 4.98 Å². The molecule has 0 bridgehead atoms. The van der Waals surface area contributed by atoms with Crippen LogP contribution in [0.3, 0.4) is 0 Å². The molecule has 1 aromatic carbocycles. The average Bonchev–Trinajstić information content (AvgIpc) is 2.30. The average molecular weight is 247 g/mol. The Morgan fingerprint density at radius 1 is 1.12 bits per heavy atom. The molecule has 2 aromatic rings. The van der Waals surface area contributed by atoms with Gasteiger partial charge in [-0.1, -0.05) is 23.7 Å². The van der Waals surface area contributed by atoms with E-state index in [1.165, 1.54) is 5.56 Å². The molecule has 0 saturated carbocycles. The van der Waals surface area contributed by atoms with Gasteiger partial charge in [0.15, 0.2) is 0 Å². The monoisotopic (exact) mass is 246 g/mol. The number of hydrogen-bond donors (Lipinski definition) is 1. The zero-order chi connectivity index (χ0) is 12.3. The lowest BCUT2D eigenvalue weighted by atomic mass is 10.2. The van der Waals surface area contributed by atoms with E-state index in [2.05, 4.69) is 16.4 Å². The molecule has 0 aliphatic carbocycles. The van der Waals surface area contributed by atoms with E-state index in [0.29, 0.717) is 6.54 Å². The molecule has 0 unspecified atom stereocenters. The van der Waals surface area contributed by atoms with Crippen LogP contribution in [0, 0.1) is 13.8 Å². The highest BCUT2D eigenvalue weighted by molar-refractivity contribution is 6.33. The molecule has 0 amide bonds. The molecule has 0 fully saturated rings. The van der Waals surface area contributed by atoms with Crippen LogP contribution in [0.4, 0.5) is 5.69 Å². The van der Waals surface area contributed by atoms with Gasteiger partial charge in [-0.05, 0) is 43.2 Å². The van der Waals surface area contributed by atoms with Gasteiger partial charge in [0.1, 0.15) is 0 Å². The second-order valence-electron chi connectivity index (χ2n) is 4.16. The second kappa shape index (κ2) is 5.19. The van der Waals surface area contributed by atoms with Gasteiger partial charge < -0.3 is 5.32 Å². The van der Waals surface area contributed by atoms with E-state index in [4.69, 9.17) is 11.6 Å². The van der Waals surface area contributed by atoms with Crippen molar-refractivity contribution in [1.29, 1.82) is 0 Å². The molecule has 17 heavy (non-hydrogen) atoms. The van der Waals surface area contributed by atoms with Crippen LogP contribution in [-0.2, 0) is 6.54 Å². The minimum Gasteiger partial charge on any atom is -0.378 e. The fourth-order valence-electron chi connectivity index (χ4n) is 1.55. The molecule has 1 aromatic heterocycles. The van der Waals surface area contributed by atoms with Gasteiger partial charge in [0.05, 0.1) is 22.9 Å². The van der Waals surface area contributed by atoms with E-state index in [0.717, 1.165) is 22.0 Å². The maximum atomic E-state index is 6.14. The highest BCUT2D eigenvalue weighted by atomic mass is 35.5. The zero-order valence-electron chi connectivity index (χ0n) is 10.00. The third-order valence-corrected chi connectivity index (χ3v) is 2.87. The third-order valence-electron chi connectivity index (χ3n) is 2.56. The normalized spacial score (nSPS) is 10.3. The first-order chi connectivity index (χ1) is 8.15. The van der Waals surface area contributed by atoms with Crippen molar-refractivity contribution in [1.82, 2.24) is 4.98 Å². The first-order valence-corrected chi connectivity index (χ1v) is 5.94. The number of aromatic nitrogens is 1. The third kappa shape index (κ3) is 3.21. The predicted octanol–water partition coefficient (Wildman–Crippen LogP) is 3.96. The maximum absolute atomic E-state index is 6.14. The van der Waals surface area contributed by atoms with Gasteiger partial charge in [0.2, 0.25) is 0 Å². The van der Waals surface area contributed by atoms with Crippen molar-refractivity contribution in [2.45, 2.75) is 20.4 Å². The summed E-state index contributed by atoms with van der Waals surface area (Å²) in [6.07, 6.45) is 1.87. The number of pyridine rings is 1. The van der Waals surface area contributed by atoms with E-state index in [9.17, 15) is 0 Å². The Labute approximate surface area is 107 Å².